The van der Waals surface area contributed by atoms with E-state index in [2.05, 4.69) is 20.8 Å². The van der Waals surface area contributed by atoms with Crippen LogP contribution in [0.1, 0.15) is 46.5 Å². The number of aliphatic hydroxyl groups is 2. The Kier molecular flexibility index (Phi) is 3.30. The highest BCUT2D eigenvalue weighted by molar-refractivity contribution is 5.06. The van der Waals surface area contributed by atoms with Gasteiger partial charge in [0, 0.05) is 12.0 Å². The van der Waals surface area contributed by atoms with Crippen molar-refractivity contribution in [3.8, 4) is 0 Å². The summed E-state index contributed by atoms with van der Waals surface area (Å²) in [6.45, 7) is 7.84. The lowest BCUT2D eigenvalue weighted by Crippen LogP contribution is -2.56. The zero-order valence-corrected chi connectivity index (χ0v) is 11.3. The van der Waals surface area contributed by atoms with E-state index in [1.807, 2.05) is 0 Å². The van der Waals surface area contributed by atoms with Gasteiger partial charge in [0.2, 0.25) is 0 Å². The SMILES string of the molecule is CC1CC(C)(C)CC(O)(C2(CO)CCOC2)C1. The molecule has 3 heteroatoms. The molecule has 0 radical (unpaired) electrons. The average molecular weight is 242 g/mol. The lowest BCUT2D eigenvalue weighted by atomic mass is 9.56. The van der Waals surface area contributed by atoms with E-state index in [0.29, 0.717) is 19.1 Å². The van der Waals surface area contributed by atoms with E-state index >= 15 is 0 Å². The molecular formula is C14H26O3. The maximum atomic E-state index is 11.1. The molecule has 0 bridgehead atoms. The topological polar surface area (TPSA) is 49.7 Å². The molecule has 1 aliphatic carbocycles. The lowest BCUT2D eigenvalue weighted by Gasteiger charge is -2.52. The van der Waals surface area contributed by atoms with E-state index in [-0.39, 0.29) is 12.0 Å². The molecule has 0 aromatic carbocycles. The second-order valence-corrected chi connectivity index (χ2v) is 7.13. The van der Waals surface area contributed by atoms with Crippen LogP contribution < -0.4 is 0 Å². The molecule has 1 aliphatic heterocycles. The van der Waals surface area contributed by atoms with Crippen molar-refractivity contribution in [2.45, 2.75) is 52.1 Å². The molecule has 3 atom stereocenters. The fourth-order valence-electron chi connectivity index (χ4n) is 4.18. The van der Waals surface area contributed by atoms with Gasteiger partial charge in [0.05, 0.1) is 18.8 Å². The van der Waals surface area contributed by atoms with Crippen LogP contribution in [0.2, 0.25) is 0 Å². The third-order valence-electron chi connectivity index (χ3n) is 4.75. The van der Waals surface area contributed by atoms with Crippen molar-refractivity contribution in [2.24, 2.45) is 16.7 Å². The second kappa shape index (κ2) is 4.22. The van der Waals surface area contributed by atoms with E-state index in [9.17, 15) is 10.2 Å². The van der Waals surface area contributed by atoms with Crippen LogP contribution in [0.3, 0.4) is 0 Å². The first-order valence-corrected chi connectivity index (χ1v) is 6.74. The highest BCUT2D eigenvalue weighted by Gasteiger charge is 2.56. The Balaban J connectivity index is 2.27. The normalized spacial score (nSPS) is 46.1. The van der Waals surface area contributed by atoms with Crippen LogP contribution in [0.15, 0.2) is 0 Å². The van der Waals surface area contributed by atoms with Crippen molar-refractivity contribution in [3.05, 3.63) is 0 Å². The Bertz CT molecular complexity index is 281. The molecule has 1 heterocycles. The fraction of sp³-hybridized carbons (Fsp3) is 1.00. The van der Waals surface area contributed by atoms with E-state index in [1.165, 1.54) is 0 Å². The van der Waals surface area contributed by atoms with E-state index in [4.69, 9.17) is 4.74 Å². The zero-order valence-electron chi connectivity index (χ0n) is 11.3. The van der Waals surface area contributed by atoms with Crippen LogP contribution in [-0.4, -0.2) is 35.6 Å². The van der Waals surface area contributed by atoms with Gasteiger partial charge in [0.1, 0.15) is 0 Å². The summed E-state index contributed by atoms with van der Waals surface area (Å²) in [6.07, 6.45) is 3.50. The van der Waals surface area contributed by atoms with Gasteiger partial charge in [-0.15, -0.1) is 0 Å². The molecule has 0 amide bonds. The molecule has 2 rings (SSSR count). The van der Waals surface area contributed by atoms with Gasteiger partial charge in [-0.2, -0.15) is 0 Å². The first-order valence-electron chi connectivity index (χ1n) is 6.74. The number of aliphatic hydroxyl groups excluding tert-OH is 1. The molecule has 1 saturated carbocycles. The Labute approximate surface area is 104 Å². The van der Waals surface area contributed by atoms with Crippen LogP contribution in [0.5, 0.6) is 0 Å². The van der Waals surface area contributed by atoms with Gasteiger partial charge in [-0.25, -0.2) is 0 Å². The predicted molar refractivity (Wildman–Crippen MR) is 66.7 cm³/mol. The molecule has 3 unspecified atom stereocenters. The fourth-order valence-corrected chi connectivity index (χ4v) is 4.18. The number of ether oxygens (including phenoxy) is 1. The van der Waals surface area contributed by atoms with Crippen molar-refractivity contribution in [1.29, 1.82) is 0 Å². The minimum atomic E-state index is -0.764. The standard InChI is InChI=1S/C14H26O3/c1-11-6-12(2,3)8-14(16,7-11)13(9-15)4-5-17-10-13/h11,15-16H,4-10H2,1-3H3. The summed E-state index contributed by atoms with van der Waals surface area (Å²) in [6, 6.07) is 0. The molecule has 17 heavy (non-hydrogen) atoms. The van der Waals surface area contributed by atoms with Crippen LogP contribution in [0.25, 0.3) is 0 Å². The Morgan fingerprint density at radius 2 is 2.00 bits per heavy atom. The van der Waals surface area contributed by atoms with Gasteiger partial charge in [0.25, 0.3) is 0 Å². The van der Waals surface area contributed by atoms with Crippen LogP contribution in [0, 0.1) is 16.7 Å². The van der Waals surface area contributed by atoms with Crippen LogP contribution >= 0.6 is 0 Å². The largest absolute Gasteiger partial charge is 0.396 e. The predicted octanol–water partition coefficient (Wildman–Crippen LogP) is 1.96. The van der Waals surface area contributed by atoms with E-state index in [0.717, 1.165) is 25.7 Å². The third kappa shape index (κ3) is 2.25. The molecule has 2 aliphatic rings. The smallest absolute Gasteiger partial charge is 0.0756 e. The maximum Gasteiger partial charge on any atom is 0.0756 e. The Morgan fingerprint density at radius 1 is 1.29 bits per heavy atom. The molecule has 0 aromatic rings. The summed E-state index contributed by atoms with van der Waals surface area (Å²) in [5.74, 6) is 0.507. The molecule has 0 spiro atoms. The number of hydrogen-bond donors (Lipinski definition) is 2. The zero-order chi connectivity index (χ0) is 12.7. The third-order valence-corrected chi connectivity index (χ3v) is 4.75. The van der Waals surface area contributed by atoms with Gasteiger partial charge in [0.15, 0.2) is 0 Å². The summed E-state index contributed by atoms with van der Waals surface area (Å²) in [5, 5.41) is 20.8. The molecule has 100 valence electrons. The lowest BCUT2D eigenvalue weighted by molar-refractivity contribution is -0.162. The molecule has 1 saturated heterocycles. The minimum Gasteiger partial charge on any atom is -0.396 e. The highest BCUT2D eigenvalue weighted by atomic mass is 16.5. The van der Waals surface area contributed by atoms with Crippen molar-refractivity contribution >= 4 is 0 Å². The van der Waals surface area contributed by atoms with Gasteiger partial charge >= 0.3 is 0 Å². The quantitative estimate of drug-likeness (QED) is 0.778. The molecular weight excluding hydrogens is 216 g/mol. The minimum absolute atomic E-state index is 0.0340. The van der Waals surface area contributed by atoms with Crippen LogP contribution in [0.4, 0.5) is 0 Å². The number of rotatable bonds is 2. The molecule has 2 fully saturated rings. The summed E-state index contributed by atoms with van der Waals surface area (Å²) in [5.41, 5.74) is -1.05. The van der Waals surface area contributed by atoms with Crippen molar-refractivity contribution in [1.82, 2.24) is 0 Å². The van der Waals surface area contributed by atoms with Gasteiger partial charge in [-0.05, 0) is 37.0 Å². The summed E-state index contributed by atoms with van der Waals surface area (Å²) >= 11 is 0. The molecule has 2 N–H and O–H groups in total. The van der Waals surface area contributed by atoms with Gasteiger partial charge in [-0.3, -0.25) is 0 Å². The average Bonchev–Trinajstić information content (AvgIpc) is 2.62. The summed E-state index contributed by atoms with van der Waals surface area (Å²) in [4.78, 5) is 0. The Morgan fingerprint density at radius 3 is 2.47 bits per heavy atom. The van der Waals surface area contributed by atoms with Crippen molar-refractivity contribution in [2.75, 3.05) is 19.8 Å². The Hall–Kier alpha value is -0.120. The van der Waals surface area contributed by atoms with Gasteiger partial charge < -0.3 is 14.9 Å². The maximum absolute atomic E-state index is 11.1. The van der Waals surface area contributed by atoms with Crippen molar-refractivity contribution < 1.29 is 14.9 Å². The van der Waals surface area contributed by atoms with Gasteiger partial charge in [-0.1, -0.05) is 20.8 Å². The van der Waals surface area contributed by atoms with E-state index in [1.54, 1.807) is 0 Å². The molecule has 0 aromatic heterocycles. The van der Waals surface area contributed by atoms with Crippen molar-refractivity contribution in [3.63, 3.8) is 0 Å². The monoisotopic (exact) mass is 242 g/mol. The van der Waals surface area contributed by atoms with Crippen LogP contribution in [-0.2, 0) is 4.74 Å². The first kappa shape index (κ1) is 13.3. The first-order chi connectivity index (χ1) is 7.83. The highest BCUT2D eigenvalue weighted by Crippen LogP contribution is 2.53. The number of hydrogen-bond acceptors (Lipinski definition) is 3. The second-order valence-electron chi connectivity index (χ2n) is 7.13. The molecule has 3 nitrogen and oxygen atoms in total. The van der Waals surface area contributed by atoms with E-state index < -0.39 is 11.0 Å². The summed E-state index contributed by atoms with van der Waals surface area (Å²) in [7, 11) is 0. The summed E-state index contributed by atoms with van der Waals surface area (Å²) < 4.78 is 5.45.